The molecule has 8 heteroatoms. The van der Waals surface area contributed by atoms with Gasteiger partial charge < -0.3 is 14.8 Å². The molecule has 2 aromatic carbocycles. The molecule has 150 valence electrons. The molecular weight excluding hydrogens is 382 g/mol. The first-order valence-electron chi connectivity index (χ1n) is 8.57. The average molecular weight is 405 g/mol. The number of amides is 1. The van der Waals surface area contributed by atoms with Gasteiger partial charge in [0.25, 0.3) is 5.91 Å². The monoisotopic (exact) mass is 405 g/mol. The second-order valence-electron chi connectivity index (χ2n) is 6.34. The lowest BCUT2D eigenvalue weighted by atomic mass is 10.1. The first-order valence-corrected chi connectivity index (χ1v) is 10.6. The van der Waals surface area contributed by atoms with Crippen LogP contribution in [0.1, 0.15) is 28.4 Å². The van der Waals surface area contributed by atoms with Crippen molar-refractivity contribution in [3.8, 4) is 5.75 Å². The number of nitrogens with one attached hydrogen (secondary N) is 1. The summed E-state index contributed by atoms with van der Waals surface area (Å²) in [5.41, 5.74) is 1.61. The Morgan fingerprint density at radius 2 is 1.71 bits per heavy atom. The molecule has 0 fully saturated rings. The van der Waals surface area contributed by atoms with E-state index in [4.69, 9.17) is 9.47 Å². The van der Waals surface area contributed by atoms with Gasteiger partial charge >= 0.3 is 5.97 Å². The fraction of sp³-hybridized carbons (Fsp3) is 0.300. The Labute approximate surface area is 164 Å². The van der Waals surface area contributed by atoms with Crippen molar-refractivity contribution in [2.75, 3.05) is 13.4 Å². The number of hydrogen-bond acceptors (Lipinski definition) is 6. The molecular formula is C20H23NO6S. The van der Waals surface area contributed by atoms with E-state index in [9.17, 15) is 18.0 Å². The average Bonchev–Trinajstić information content (AvgIpc) is 2.65. The van der Waals surface area contributed by atoms with Gasteiger partial charge in [-0.25, -0.2) is 13.2 Å². The molecule has 0 aliphatic carbocycles. The minimum Gasteiger partial charge on any atom is -0.496 e. The number of para-hydroxylation sites is 1. The second-order valence-corrected chi connectivity index (χ2v) is 8.48. The van der Waals surface area contributed by atoms with Gasteiger partial charge in [0, 0.05) is 18.4 Å². The molecule has 0 aromatic heterocycles. The van der Waals surface area contributed by atoms with Crippen molar-refractivity contribution in [2.45, 2.75) is 25.3 Å². The van der Waals surface area contributed by atoms with Crippen molar-refractivity contribution in [1.29, 1.82) is 0 Å². The molecule has 0 spiro atoms. The van der Waals surface area contributed by atoms with E-state index < -0.39 is 27.8 Å². The molecule has 0 aliphatic heterocycles. The number of carbonyl (C=O) groups excluding carboxylic acids is 2. The van der Waals surface area contributed by atoms with E-state index in [1.54, 1.807) is 25.3 Å². The van der Waals surface area contributed by atoms with Crippen molar-refractivity contribution >= 4 is 21.7 Å². The number of ether oxygens (including phenoxy) is 2. The van der Waals surface area contributed by atoms with Crippen LogP contribution in [0.15, 0.2) is 48.5 Å². The summed E-state index contributed by atoms with van der Waals surface area (Å²) in [7, 11) is -1.61. The van der Waals surface area contributed by atoms with Gasteiger partial charge in [0.05, 0.1) is 18.4 Å². The molecule has 0 radical (unpaired) electrons. The van der Waals surface area contributed by atoms with Crippen LogP contribution in [0.5, 0.6) is 5.75 Å². The van der Waals surface area contributed by atoms with Crippen LogP contribution in [-0.2, 0) is 31.7 Å². The summed E-state index contributed by atoms with van der Waals surface area (Å²) >= 11 is 0. The SMILES string of the molecule is COc1ccccc1CNC(=O)[C@@H](C)OC(=O)c1ccc(CS(C)(=O)=O)cc1. The standard InChI is InChI=1S/C20H23NO6S/c1-14(19(22)21-12-17-6-4-5-7-18(17)26-2)27-20(23)16-10-8-15(9-11-16)13-28(3,24)25/h4-11,14H,12-13H2,1-3H3,(H,21,22)/t14-/m1/s1. The van der Waals surface area contributed by atoms with Crippen molar-refractivity contribution in [3.05, 3.63) is 65.2 Å². The molecule has 0 unspecified atom stereocenters. The van der Waals surface area contributed by atoms with E-state index in [-0.39, 0.29) is 17.9 Å². The highest BCUT2D eigenvalue weighted by Crippen LogP contribution is 2.17. The zero-order chi connectivity index (χ0) is 20.7. The summed E-state index contributed by atoms with van der Waals surface area (Å²) in [6.45, 7) is 1.72. The van der Waals surface area contributed by atoms with Gasteiger partial charge in [0.15, 0.2) is 15.9 Å². The highest BCUT2D eigenvalue weighted by atomic mass is 32.2. The van der Waals surface area contributed by atoms with Crippen LogP contribution in [0, 0.1) is 0 Å². The largest absolute Gasteiger partial charge is 0.496 e. The summed E-state index contributed by atoms with van der Waals surface area (Å²) in [4.78, 5) is 24.4. The van der Waals surface area contributed by atoms with Crippen LogP contribution < -0.4 is 10.1 Å². The molecule has 1 atom stereocenters. The Hall–Kier alpha value is -2.87. The van der Waals surface area contributed by atoms with Crippen molar-refractivity contribution in [1.82, 2.24) is 5.32 Å². The predicted octanol–water partition coefficient (Wildman–Crippen LogP) is 2.10. The molecule has 0 aliphatic rings. The maximum absolute atomic E-state index is 12.2. The molecule has 0 saturated carbocycles. The third-order valence-corrected chi connectivity index (χ3v) is 4.77. The number of carbonyl (C=O) groups is 2. The summed E-state index contributed by atoms with van der Waals surface area (Å²) in [6, 6.07) is 13.3. The third-order valence-electron chi connectivity index (χ3n) is 3.92. The number of methoxy groups -OCH3 is 1. The number of sulfone groups is 1. The Morgan fingerprint density at radius 1 is 1.07 bits per heavy atom. The molecule has 1 amide bonds. The topological polar surface area (TPSA) is 98.8 Å². The normalized spacial score (nSPS) is 12.1. The van der Waals surface area contributed by atoms with Gasteiger partial charge in [-0.2, -0.15) is 0 Å². The Balaban J connectivity index is 1.91. The van der Waals surface area contributed by atoms with Crippen LogP contribution in [0.3, 0.4) is 0 Å². The van der Waals surface area contributed by atoms with Crippen LogP contribution in [0.2, 0.25) is 0 Å². The van der Waals surface area contributed by atoms with E-state index in [1.165, 1.54) is 19.1 Å². The maximum atomic E-state index is 12.2. The smallest absolute Gasteiger partial charge is 0.338 e. The number of rotatable bonds is 8. The van der Waals surface area contributed by atoms with E-state index in [0.29, 0.717) is 11.3 Å². The van der Waals surface area contributed by atoms with Gasteiger partial charge in [-0.1, -0.05) is 30.3 Å². The number of benzene rings is 2. The zero-order valence-electron chi connectivity index (χ0n) is 16.0. The van der Waals surface area contributed by atoms with Crippen LogP contribution >= 0.6 is 0 Å². The third kappa shape index (κ3) is 6.38. The van der Waals surface area contributed by atoms with E-state index >= 15 is 0 Å². The second kappa shape index (κ2) is 9.36. The lowest BCUT2D eigenvalue weighted by Crippen LogP contribution is -2.35. The van der Waals surface area contributed by atoms with Gasteiger partial charge in [-0.05, 0) is 30.7 Å². The molecule has 0 heterocycles. The maximum Gasteiger partial charge on any atom is 0.338 e. The Bertz CT molecular complexity index is 937. The van der Waals surface area contributed by atoms with Crippen molar-refractivity contribution in [3.63, 3.8) is 0 Å². The highest BCUT2D eigenvalue weighted by molar-refractivity contribution is 7.89. The van der Waals surface area contributed by atoms with Gasteiger partial charge in [-0.15, -0.1) is 0 Å². The molecule has 7 nitrogen and oxygen atoms in total. The van der Waals surface area contributed by atoms with Crippen LogP contribution in [-0.4, -0.2) is 39.8 Å². The quantitative estimate of drug-likeness (QED) is 0.676. The summed E-state index contributed by atoms with van der Waals surface area (Å²) in [5.74, 6) is -0.551. The summed E-state index contributed by atoms with van der Waals surface area (Å²) in [5, 5.41) is 2.70. The van der Waals surface area contributed by atoms with Crippen molar-refractivity contribution in [2.24, 2.45) is 0 Å². The number of esters is 1. The Morgan fingerprint density at radius 3 is 2.32 bits per heavy atom. The molecule has 0 bridgehead atoms. The van der Waals surface area contributed by atoms with E-state index in [0.717, 1.165) is 11.8 Å². The highest BCUT2D eigenvalue weighted by Gasteiger charge is 2.19. The number of hydrogen-bond donors (Lipinski definition) is 1. The fourth-order valence-corrected chi connectivity index (χ4v) is 3.29. The van der Waals surface area contributed by atoms with Gasteiger partial charge in [-0.3, -0.25) is 4.79 Å². The Kier molecular flexibility index (Phi) is 7.17. The first kappa shape index (κ1) is 21.4. The minimum absolute atomic E-state index is 0.107. The van der Waals surface area contributed by atoms with Crippen LogP contribution in [0.25, 0.3) is 0 Å². The van der Waals surface area contributed by atoms with Gasteiger partial charge in [0.2, 0.25) is 0 Å². The summed E-state index contributed by atoms with van der Waals surface area (Å²) in [6.07, 6.45) is 0.151. The van der Waals surface area contributed by atoms with E-state index in [1.807, 2.05) is 18.2 Å². The zero-order valence-corrected chi connectivity index (χ0v) is 16.8. The van der Waals surface area contributed by atoms with Gasteiger partial charge in [0.1, 0.15) is 5.75 Å². The molecule has 28 heavy (non-hydrogen) atoms. The fourth-order valence-electron chi connectivity index (χ4n) is 2.50. The minimum atomic E-state index is -3.15. The molecule has 0 saturated heterocycles. The lowest BCUT2D eigenvalue weighted by molar-refractivity contribution is -0.129. The summed E-state index contributed by atoms with van der Waals surface area (Å²) < 4.78 is 33.0. The molecule has 2 rings (SSSR count). The van der Waals surface area contributed by atoms with E-state index in [2.05, 4.69) is 5.32 Å². The predicted molar refractivity (Wildman–Crippen MR) is 105 cm³/mol. The van der Waals surface area contributed by atoms with Crippen LogP contribution in [0.4, 0.5) is 0 Å². The molecule has 1 N–H and O–H groups in total. The lowest BCUT2D eigenvalue weighted by Gasteiger charge is -2.14. The first-order chi connectivity index (χ1) is 13.2. The van der Waals surface area contributed by atoms with Crippen molar-refractivity contribution < 1.29 is 27.5 Å². The molecule has 2 aromatic rings.